The van der Waals surface area contributed by atoms with Gasteiger partial charge in [0.15, 0.2) is 5.78 Å². The number of carbonyl (C=O) groups is 1. The molecule has 0 unspecified atom stereocenters. The topological polar surface area (TPSA) is 42.3 Å². The lowest BCUT2D eigenvalue weighted by Crippen LogP contribution is -2.08. The number of nitrogens with zero attached hydrogens (tertiary/aromatic N) is 2. The number of aromatic nitrogens is 1. The minimum Gasteiger partial charge on any atom is -0.383 e. The highest BCUT2D eigenvalue weighted by molar-refractivity contribution is 7.11. The van der Waals surface area contributed by atoms with E-state index in [1.165, 1.54) is 10.6 Å². The van der Waals surface area contributed by atoms with E-state index in [9.17, 15) is 9.59 Å². The largest absolute Gasteiger partial charge is 0.383 e. The molecule has 1 rings (SSSR count). The van der Waals surface area contributed by atoms with E-state index in [0.717, 1.165) is 17.0 Å². The summed E-state index contributed by atoms with van der Waals surface area (Å²) in [4.78, 5) is 25.2. The molecule has 0 aliphatic heterocycles. The molecule has 0 radical (unpaired) electrons. The van der Waals surface area contributed by atoms with Crippen LogP contribution in [0.3, 0.4) is 0 Å². The predicted molar refractivity (Wildman–Crippen MR) is 61.5 cm³/mol. The van der Waals surface area contributed by atoms with Crippen LogP contribution in [-0.4, -0.2) is 29.3 Å². The number of ketones is 1. The van der Waals surface area contributed by atoms with E-state index in [0.29, 0.717) is 4.88 Å². The van der Waals surface area contributed by atoms with E-state index in [4.69, 9.17) is 0 Å². The van der Waals surface area contributed by atoms with E-state index in [1.807, 2.05) is 14.1 Å². The number of carbonyl (C=O) groups excluding carboxylic acids is 1. The van der Waals surface area contributed by atoms with E-state index in [-0.39, 0.29) is 10.7 Å². The third-order valence-electron chi connectivity index (χ3n) is 2.04. The van der Waals surface area contributed by atoms with Crippen LogP contribution in [0.15, 0.2) is 17.1 Å². The van der Waals surface area contributed by atoms with Crippen molar-refractivity contribution >= 4 is 17.1 Å². The first-order chi connectivity index (χ1) is 6.93. The Kier molecular flexibility index (Phi) is 3.47. The Morgan fingerprint density at radius 1 is 1.47 bits per heavy atom. The molecule has 15 heavy (non-hydrogen) atoms. The molecule has 0 aromatic carbocycles. The predicted octanol–water partition coefficient (Wildman–Crippen LogP) is 1.01. The lowest BCUT2D eigenvalue weighted by molar-refractivity contribution is 0.104. The lowest BCUT2D eigenvalue weighted by atomic mass is 10.2. The molecular weight excluding hydrogens is 212 g/mol. The zero-order valence-corrected chi connectivity index (χ0v) is 10.1. The average Bonchev–Trinajstić information content (AvgIpc) is 2.42. The van der Waals surface area contributed by atoms with Crippen LogP contribution in [0.4, 0.5) is 0 Å². The number of allylic oxidation sites excluding steroid dienone is 1. The first kappa shape index (κ1) is 11.7. The van der Waals surface area contributed by atoms with Gasteiger partial charge in [0.1, 0.15) is 0 Å². The van der Waals surface area contributed by atoms with Gasteiger partial charge in [-0.1, -0.05) is 11.3 Å². The van der Waals surface area contributed by atoms with Gasteiger partial charge in [-0.3, -0.25) is 9.59 Å². The van der Waals surface area contributed by atoms with Crippen LogP contribution in [0.1, 0.15) is 15.4 Å². The van der Waals surface area contributed by atoms with Gasteiger partial charge in [-0.2, -0.15) is 0 Å². The standard InChI is InChI=1S/C10H14N2O2S/c1-7-9(15-10(14)12(7)4)8(13)5-6-11(2)3/h5-6H,1-4H3. The van der Waals surface area contributed by atoms with Crippen LogP contribution >= 0.6 is 11.3 Å². The molecule has 0 fully saturated rings. The van der Waals surface area contributed by atoms with Crippen LogP contribution in [0.5, 0.6) is 0 Å². The highest BCUT2D eigenvalue weighted by atomic mass is 32.1. The van der Waals surface area contributed by atoms with Gasteiger partial charge in [-0.15, -0.1) is 0 Å². The summed E-state index contributed by atoms with van der Waals surface area (Å²) in [5, 5.41) is 0. The normalized spacial score (nSPS) is 10.9. The molecule has 5 heteroatoms. The van der Waals surface area contributed by atoms with E-state index in [1.54, 1.807) is 25.1 Å². The molecule has 0 saturated heterocycles. The Morgan fingerprint density at radius 3 is 2.47 bits per heavy atom. The highest BCUT2D eigenvalue weighted by Crippen LogP contribution is 2.11. The van der Waals surface area contributed by atoms with Crippen LogP contribution < -0.4 is 4.87 Å². The Balaban J connectivity index is 3.02. The molecule has 1 aromatic rings. The summed E-state index contributed by atoms with van der Waals surface area (Å²) in [6.07, 6.45) is 3.14. The van der Waals surface area contributed by atoms with Crippen molar-refractivity contribution in [1.29, 1.82) is 0 Å². The molecule has 0 spiro atoms. The van der Waals surface area contributed by atoms with E-state index < -0.39 is 0 Å². The van der Waals surface area contributed by atoms with Crippen molar-refractivity contribution in [3.63, 3.8) is 0 Å². The zero-order chi connectivity index (χ0) is 11.6. The van der Waals surface area contributed by atoms with Crippen molar-refractivity contribution in [3.05, 3.63) is 32.5 Å². The zero-order valence-electron chi connectivity index (χ0n) is 9.27. The number of hydrogen-bond donors (Lipinski definition) is 0. The van der Waals surface area contributed by atoms with Crippen molar-refractivity contribution in [1.82, 2.24) is 9.47 Å². The van der Waals surface area contributed by atoms with Crippen LogP contribution in [-0.2, 0) is 7.05 Å². The van der Waals surface area contributed by atoms with E-state index >= 15 is 0 Å². The Bertz CT molecular complexity index is 454. The van der Waals surface area contributed by atoms with Crippen LogP contribution in [0.25, 0.3) is 0 Å². The Hall–Kier alpha value is -1.36. The maximum atomic E-state index is 11.7. The summed E-state index contributed by atoms with van der Waals surface area (Å²) in [5.74, 6) is -0.121. The highest BCUT2D eigenvalue weighted by Gasteiger charge is 2.13. The maximum absolute atomic E-state index is 11.7. The second-order valence-corrected chi connectivity index (χ2v) is 4.45. The first-order valence-electron chi connectivity index (χ1n) is 4.49. The van der Waals surface area contributed by atoms with Crippen molar-refractivity contribution in [2.75, 3.05) is 14.1 Å². The van der Waals surface area contributed by atoms with E-state index in [2.05, 4.69) is 0 Å². The number of hydrogen-bond acceptors (Lipinski definition) is 4. The smallest absolute Gasteiger partial charge is 0.307 e. The van der Waals surface area contributed by atoms with Gasteiger partial charge in [0.25, 0.3) is 0 Å². The van der Waals surface area contributed by atoms with Crippen LogP contribution in [0, 0.1) is 6.92 Å². The molecule has 0 aliphatic rings. The van der Waals surface area contributed by atoms with Gasteiger partial charge in [0.2, 0.25) is 0 Å². The summed E-state index contributed by atoms with van der Waals surface area (Å²) in [5.41, 5.74) is 0.721. The minimum atomic E-state index is -0.121. The van der Waals surface area contributed by atoms with Gasteiger partial charge in [-0.25, -0.2) is 0 Å². The summed E-state index contributed by atoms with van der Waals surface area (Å²) < 4.78 is 1.49. The number of rotatable bonds is 3. The number of thiazole rings is 1. The Morgan fingerprint density at radius 2 is 2.07 bits per heavy atom. The molecule has 0 amide bonds. The van der Waals surface area contributed by atoms with Crippen molar-refractivity contribution in [3.8, 4) is 0 Å². The SMILES string of the molecule is Cc1c(C(=O)C=CN(C)C)sc(=O)n1C. The van der Waals surface area contributed by atoms with Gasteiger partial charge in [0.05, 0.1) is 4.88 Å². The van der Waals surface area contributed by atoms with Crippen molar-refractivity contribution in [2.45, 2.75) is 6.92 Å². The fourth-order valence-electron chi connectivity index (χ4n) is 1.04. The molecule has 0 saturated carbocycles. The third-order valence-corrected chi connectivity index (χ3v) is 3.19. The second-order valence-electron chi connectivity index (χ2n) is 3.49. The fourth-order valence-corrected chi connectivity index (χ4v) is 1.94. The summed E-state index contributed by atoms with van der Waals surface area (Å²) in [6, 6.07) is 0. The van der Waals surface area contributed by atoms with Gasteiger partial charge >= 0.3 is 4.87 Å². The quantitative estimate of drug-likeness (QED) is 0.570. The van der Waals surface area contributed by atoms with Crippen molar-refractivity contribution in [2.24, 2.45) is 7.05 Å². The fraction of sp³-hybridized carbons (Fsp3) is 0.400. The molecule has 82 valence electrons. The Labute approximate surface area is 92.4 Å². The summed E-state index contributed by atoms with van der Waals surface area (Å²) in [7, 11) is 5.34. The van der Waals surface area contributed by atoms with Gasteiger partial charge < -0.3 is 9.47 Å². The molecular formula is C10H14N2O2S. The third kappa shape index (κ3) is 2.56. The van der Waals surface area contributed by atoms with Gasteiger partial charge in [-0.05, 0) is 6.92 Å². The maximum Gasteiger partial charge on any atom is 0.307 e. The molecule has 0 N–H and O–H groups in total. The average molecular weight is 226 g/mol. The molecule has 1 aromatic heterocycles. The summed E-state index contributed by atoms with van der Waals surface area (Å²) in [6.45, 7) is 1.77. The van der Waals surface area contributed by atoms with Gasteiger partial charge in [0, 0.05) is 39.1 Å². The molecule has 4 nitrogen and oxygen atoms in total. The molecule has 0 aliphatic carbocycles. The molecule has 0 bridgehead atoms. The monoisotopic (exact) mass is 226 g/mol. The first-order valence-corrected chi connectivity index (χ1v) is 5.30. The lowest BCUT2D eigenvalue weighted by Gasteiger charge is -2.02. The summed E-state index contributed by atoms with van der Waals surface area (Å²) >= 11 is 0.989. The van der Waals surface area contributed by atoms with Crippen LogP contribution in [0.2, 0.25) is 0 Å². The second kappa shape index (κ2) is 4.44. The molecule has 1 heterocycles. The van der Waals surface area contributed by atoms with Crippen molar-refractivity contribution < 1.29 is 4.79 Å². The minimum absolute atomic E-state index is 0.103. The molecule has 0 atom stereocenters.